The molecule has 0 saturated heterocycles. The molecule has 5 nitrogen and oxygen atoms in total. The van der Waals surface area contributed by atoms with Gasteiger partial charge in [0.05, 0.1) is 23.3 Å². The average Bonchev–Trinajstić information content (AvgIpc) is 3.12. The first-order chi connectivity index (χ1) is 12.7. The molecule has 0 amide bonds. The minimum absolute atomic E-state index is 0.675. The van der Waals surface area contributed by atoms with Crippen molar-refractivity contribution in [1.82, 2.24) is 14.8 Å². The number of nitrogens with zero attached hydrogens (tertiary/aromatic N) is 4. The largest absolute Gasteiger partial charge is 0.381 e. The normalized spacial score (nSPS) is 10.6. The van der Waals surface area contributed by atoms with Crippen LogP contribution in [0.2, 0.25) is 0 Å². The zero-order valence-electron chi connectivity index (χ0n) is 14.3. The standard InChI is InChI=1S/C21H17N5/c1-26-14-19(13-25-26)18-8-17-9-20(6-7-21(17)24-12-18)23-11-16-4-2-15(10-22)3-5-16/h2-9,12-14,23H,11H2,1H3. The number of hydrogen-bond donors (Lipinski definition) is 1. The zero-order chi connectivity index (χ0) is 17.9. The molecule has 0 aliphatic heterocycles. The van der Waals surface area contributed by atoms with Gasteiger partial charge in [-0.15, -0.1) is 0 Å². The highest BCUT2D eigenvalue weighted by atomic mass is 15.2. The number of nitrogens with one attached hydrogen (secondary N) is 1. The number of benzene rings is 2. The fraction of sp³-hybridized carbons (Fsp3) is 0.0952. The summed E-state index contributed by atoms with van der Waals surface area (Å²) in [6.45, 7) is 0.701. The maximum atomic E-state index is 8.87. The molecule has 0 saturated carbocycles. The second-order valence-electron chi connectivity index (χ2n) is 6.20. The summed E-state index contributed by atoms with van der Waals surface area (Å²) in [6, 6.07) is 18.0. The van der Waals surface area contributed by atoms with Gasteiger partial charge in [0, 0.05) is 48.2 Å². The summed E-state index contributed by atoms with van der Waals surface area (Å²) < 4.78 is 1.79. The van der Waals surface area contributed by atoms with Crippen LogP contribution in [0.3, 0.4) is 0 Å². The minimum atomic E-state index is 0.675. The molecule has 5 heteroatoms. The molecule has 4 rings (SSSR count). The van der Waals surface area contributed by atoms with E-state index in [9.17, 15) is 0 Å². The molecule has 1 N–H and O–H groups in total. The lowest BCUT2D eigenvalue weighted by Crippen LogP contribution is -1.99. The molecule has 2 aromatic carbocycles. The maximum Gasteiger partial charge on any atom is 0.0991 e. The number of pyridine rings is 1. The number of anilines is 1. The summed E-state index contributed by atoms with van der Waals surface area (Å²) in [6.07, 6.45) is 5.70. The van der Waals surface area contributed by atoms with E-state index in [-0.39, 0.29) is 0 Å². The van der Waals surface area contributed by atoms with E-state index >= 15 is 0 Å². The fourth-order valence-corrected chi connectivity index (χ4v) is 2.87. The smallest absolute Gasteiger partial charge is 0.0991 e. The monoisotopic (exact) mass is 339 g/mol. The van der Waals surface area contributed by atoms with Crippen molar-refractivity contribution in [2.45, 2.75) is 6.54 Å². The second kappa shape index (κ2) is 6.69. The first-order valence-electron chi connectivity index (χ1n) is 8.33. The SMILES string of the molecule is Cn1cc(-c2cnc3ccc(NCc4ccc(C#N)cc4)cc3c2)cn1. The van der Waals surface area contributed by atoms with Crippen molar-refractivity contribution in [3.05, 3.63) is 78.2 Å². The molecule has 0 radical (unpaired) electrons. The van der Waals surface area contributed by atoms with Crippen LogP contribution in [0, 0.1) is 11.3 Å². The molecule has 0 bridgehead atoms. The quantitative estimate of drug-likeness (QED) is 0.607. The molecule has 0 aliphatic rings. The molecule has 4 aromatic rings. The van der Waals surface area contributed by atoms with Gasteiger partial charge in [-0.25, -0.2) is 0 Å². The summed E-state index contributed by atoms with van der Waals surface area (Å²) in [7, 11) is 1.91. The molecule has 0 unspecified atom stereocenters. The van der Waals surface area contributed by atoms with E-state index in [0.29, 0.717) is 12.1 Å². The third-order valence-electron chi connectivity index (χ3n) is 4.30. The molecular weight excluding hydrogens is 322 g/mol. The van der Waals surface area contributed by atoms with Crippen LogP contribution in [0.1, 0.15) is 11.1 Å². The lowest BCUT2D eigenvalue weighted by atomic mass is 10.1. The van der Waals surface area contributed by atoms with Crippen molar-refractivity contribution in [2.24, 2.45) is 7.05 Å². The van der Waals surface area contributed by atoms with Gasteiger partial charge in [0.25, 0.3) is 0 Å². The molecule has 0 fully saturated rings. The summed E-state index contributed by atoms with van der Waals surface area (Å²) in [4.78, 5) is 4.55. The molecule has 0 spiro atoms. The third-order valence-corrected chi connectivity index (χ3v) is 4.30. The molecule has 26 heavy (non-hydrogen) atoms. The summed E-state index contributed by atoms with van der Waals surface area (Å²) in [5.41, 5.74) is 5.90. The van der Waals surface area contributed by atoms with Crippen LogP contribution < -0.4 is 5.32 Å². The Morgan fingerprint density at radius 1 is 1.04 bits per heavy atom. The Labute approximate surface area is 151 Å². The minimum Gasteiger partial charge on any atom is -0.381 e. The average molecular weight is 339 g/mol. The first kappa shape index (κ1) is 15.9. The Hall–Kier alpha value is -3.65. The molecule has 126 valence electrons. The van der Waals surface area contributed by atoms with Crippen LogP contribution in [0.25, 0.3) is 22.0 Å². The van der Waals surface area contributed by atoms with Crippen molar-refractivity contribution in [3.63, 3.8) is 0 Å². The topological polar surface area (TPSA) is 66.5 Å². The predicted molar refractivity (Wildman–Crippen MR) is 102 cm³/mol. The van der Waals surface area contributed by atoms with E-state index in [0.717, 1.165) is 33.3 Å². The van der Waals surface area contributed by atoms with Crippen LogP contribution >= 0.6 is 0 Å². The molecule has 2 heterocycles. The van der Waals surface area contributed by atoms with Crippen LogP contribution in [0.15, 0.2) is 67.1 Å². The Bertz CT molecular complexity index is 1100. The highest BCUT2D eigenvalue weighted by Gasteiger charge is 2.04. The number of nitriles is 1. The van der Waals surface area contributed by atoms with E-state index in [4.69, 9.17) is 5.26 Å². The number of rotatable bonds is 4. The van der Waals surface area contributed by atoms with Gasteiger partial charge in [-0.1, -0.05) is 12.1 Å². The highest BCUT2D eigenvalue weighted by Crippen LogP contribution is 2.24. The van der Waals surface area contributed by atoms with E-state index in [2.05, 4.69) is 33.6 Å². The van der Waals surface area contributed by atoms with Gasteiger partial charge in [0.15, 0.2) is 0 Å². The molecule has 0 aliphatic carbocycles. The van der Waals surface area contributed by atoms with E-state index in [1.165, 1.54) is 0 Å². The fourth-order valence-electron chi connectivity index (χ4n) is 2.87. The van der Waals surface area contributed by atoms with Crippen LogP contribution in [0.4, 0.5) is 5.69 Å². The van der Waals surface area contributed by atoms with E-state index in [1.54, 1.807) is 4.68 Å². The summed E-state index contributed by atoms with van der Waals surface area (Å²) >= 11 is 0. The number of fused-ring (bicyclic) bond motifs is 1. The van der Waals surface area contributed by atoms with Crippen LogP contribution in [-0.2, 0) is 13.6 Å². The summed E-state index contributed by atoms with van der Waals surface area (Å²) in [5.74, 6) is 0. The van der Waals surface area contributed by atoms with Crippen LogP contribution in [0.5, 0.6) is 0 Å². The van der Waals surface area contributed by atoms with Crippen molar-refractivity contribution in [1.29, 1.82) is 5.26 Å². The number of hydrogen-bond acceptors (Lipinski definition) is 4. The van der Waals surface area contributed by atoms with Crippen molar-refractivity contribution in [3.8, 4) is 17.2 Å². The predicted octanol–water partition coefficient (Wildman–Crippen LogP) is 4.12. The van der Waals surface area contributed by atoms with Crippen molar-refractivity contribution < 1.29 is 0 Å². The number of aromatic nitrogens is 3. The third kappa shape index (κ3) is 3.26. The Kier molecular flexibility index (Phi) is 4.08. The van der Waals surface area contributed by atoms with Crippen molar-refractivity contribution in [2.75, 3.05) is 5.32 Å². The van der Waals surface area contributed by atoms with E-state index < -0.39 is 0 Å². The Morgan fingerprint density at radius 2 is 1.88 bits per heavy atom. The van der Waals surface area contributed by atoms with Crippen LogP contribution in [-0.4, -0.2) is 14.8 Å². The van der Waals surface area contributed by atoms with E-state index in [1.807, 2.05) is 62.0 Å². The molecule has 0 atom stereocenters. The first-order valence-corrected chi connectivity index (χ1v) is 8.33. The van der Waals surface area contributed by atoms with Crippen molar-refractivity contribution >= 4 is 16.6 Å². The Morgan fingerprint density at radius 3 is 2.62 bits per heavy atom. The van der Waals surface area contributed by atoms with Gasteiger partial charge in [-0.3, -0.25) is 9.67 Å². The molecule has 2 aromatic heterocycles. The lowest BCUT2D eigenvalue weighted by Gasteiger charge is -2.08. The zero-order valence-corrected chi connectivity index (χ0v) is 14.3. The van der Waals surface area contributed by atoms with Gasteiger partial charge in [-0.05, 0) is 42.0 Å². The van der Waals surface area contributed by atoms with Gasteiger partial charge in [-0.2, -0.15) is 10.4 Å². The van der Waals surface area contributed by atoms with Gasteiger partial charge >= 0.3 is 0 Å². The number of aryl methyl sites for hydroxylation is 1. The van der Waals surface area contributed by atoms with Gasteiger partial charge < -0.3 is 5.32 Å². The van der Waals surface area contributed by atoms with Gasteiger partial charge in [0.1, 0.15) is 0 Å². The lowest BCUT2D eigenvalue weighted by molar-refractivity contribution is 0.768. The highest BCUT2D eigenvalue weighted by molar-refractivity contribution is 5.86. The summed E-state index contributed by atoms with van der Waals surface area (Å²) in [5, 5.41) is 17.6. The Balaban J connectivity index is 1.56. The second-order valence-corrected chi connectivity index (χ2v) is 6.20. The van der Waals surface area contributed by atoms with Gasteiger partial charge in [0.2, 0.25) is 0 Å². The maximum absolute atomic E-state index is 8.87. The molecular formula is C21H17N5.